The van der Waals surface area contributed by atoms with E-state index in [0.29, 0.717) is 55.9 Å². The highest BCUT2D eigenvalue weighted by molar-refractivity contribution is 7.91. The summed E-state index contributed by atoms with van der Waals surface area (Å²) in [5.41, 5.74) is 0.0177. The van der Waals surface area contributed by atoms with Crippen LogP contribution < -0.4 is 0 Å². The number of rotatable bonds is 4. The Bertz CT molecular complexity index is 2370. The van der Waals surface area contributed by atoms with E-state index in [1.54, 1.807) is 17.8 Å². The number of halogens is 2. The maximum atomic E-state index is 15.9. The second kappa shape index (κ2) is 13.0. The van der Waals surface area contributed by atoms with E-state index in [0.717, 1.165) is 11.1 Å². The molecule has 1 aliphatic carbocycles. The number of aryl methyl sites for hydroxylation is 2. The number of hydrogen-bond donors (Lipinski definition) is 2. The molecule has 14 heteroatoms. The third-order valence-corrected chi connectivity index (χ3v) is 14.3. The van der Waals surface area contributed by atoms with Gasteiger partial charge in [-0.1, -0.05) is 44.5 Å². The molecule has 1 saturated carbocycles. The molecular weight excluding hydrogens is 709 g/mol. The molecule has 52 heavy (non-hydrogen) atoms. The van der Waals surface area contributed by atoms with Crippen molar-refractivity contribution in [2.45, 2.75) is 80.9 Å². The number of carboxylic acids is 1. The van der Waals surface area contributed by atoms with Crippen molar-refractivity contribution in [2.24, 2.45) is 17.9 Å². The Hall–Kier alpha value is -4.30. The number of nitrogens with one attached hydrogen (secondary N) is 1. The van der Waals surface area contributed by atoms with Crippen LogP contribution in [-0.4, -0.2) is 59.9 Å². The van der Waals surface area contributed by atoms with Gasteiger partial charge in [0.15, 0.2) is 33.1 Å². The van der Waals surface area contributed by atoms with Crippen LogP contribution in [0.2, 0.25) is 0 Å². The number of nitrogens with zero attached hydrogens (tertiary/aromatic N) is 4. The Kier molecular flexibility index (Phi) is 9.00. The van der Waals surface area contributed by atoms with E-state index < -0.39 is 59.4 Å². The number of hydrogen-bond acceptors (Lipinski definition) is 7. The molecule has 2 atom stereocenters. The van der Waals surface area contributed by atoms with Crippen LogP contribution >= 0.6 is 0 Å². The highest BCUT2D eigenvalue weighted by atomic mass is 32.2. The predicted molar refractivity (Wildman–Crippen MR) is 193 cm³/mol. The Morgan fingerprint density at radius 3 is 2.56 bits per heavy atom. The molecule has 1 fully saturated rings. The van der Waals surface area contributed by atoms with Gasteiger partial charge in [-0.15, -0.1) is 0 Å². The molecule has 4 heterocycles. The molecule has 3 aromatic heterocycles. The number of aromatic amines is 1. The van der Waals surface area contributed by atoms with Gasteiger partial charge in [-0.2, -0.15) is 5.10 Å². The molecule has 10 nitrogen and oxygen atoms in total. The van der Waals surface area contributed by atoms with Crippen LogP contribution in [0.5, 0.6) is 0 Å². The molecule has 0 saturated heterocycles. The van der Waals surface area contributed by atoms with Crippen molar-refractivity contribution in [3.8, 4) is 11.5 Å². The minimum atomic E-state index is -3.71. The van der Waals surface area contributed by atoms with E-state index in [-0.39, 0.29) is 39.3 Å². The van der Waals surface area contributed by atoms with E-state index >= 15 is 8.78 Å². The summed E-state index contributed by atoms with van der Waals surface area (Å²) in [4.78, 5) is 23.9. The van der Waals surface area contributed by atoms with E-state index in [9.17, 15) is 22.5 Å². The number of carboxylic acid groups (broad SMARTS) is 1. The molecule has 0 radical (unpaired) electrons. The van der Waals surface area contributed by atoms with Gasteiger partial charge in [-0.3, -0.25) is 9.78 Å². The quantitative estimate of drug-likeness (QED) is 0.207. The summed E-state index contributed by atoms with van der Waals surface area (Å²) in [5.74, 6) is -2.91. The maximum absolute atomic E-state index is 15.9. The molecule has 1 aliphatic heterocycles. The minimum absolute atomic E-state index is 0.113. The van der Waals surface area contributed by atoms with Gasteiger partial charge < -0.3 is 10.1 Å². The zero-order valence-electron chi connectivity index (χ0n) is 29.5. The Morgan fingerprint density at radius 1 is 1.06 bits per heavy atom. The van der Waals surface area contributed by atoms with Crippen molar-refractivity contribution >= 4 is 37.5 Å². The largest absolute Gasteiger partial charge is 0.481 e. The summed E-state index contributed by atoms with van der Waals surface area (Å²) < 4.78 is 74.5. The lowest BCUT2D eigenvalue weighted by Gasteiger charge is -2.31. The van der Waals surface area contributed by atoms with E-state index in [4.69, 9.17) is 10.1 Å². The molecule has 2 aliphatic rings. The van der Waals surface area contributed by atoms with Crippen LogP contribution in [-0.2, 0) is 50.7 Å². The van der Waals surface area contributed by atoms with Crippen LogP contribution in [0.1, 0.15) is 75.4 Å². The Morgan fingerprint density at radius 2 is 1.83 bits per heavy atom. The van der Waals surface area contributed by atoms with Gasteiger partial charge in [-0.25, -0.2) is 31.1 Å². The van der Waals surface area contributed by atoms with Gasteiger partial charge >= 0.3 is 5.97 Å². The molecule has 274 valence electrons. The van der Waals surface area contributed by atoms with Crippen molar-refractivity contribution < 1.29 is 31.3 Å². The van der Waals surface area contributed by atoms with Crippen LogP contribution in [0, 0.1) is 22.5 Å². The fourth-order valence-electron chi connectivity index (χ4n) is 7.65. The number of carbonyl (C=O) groups is 1. The molecular formula is C38H41F2N5O5S2. The fraction of sp³-hybridized carbons (Fsp3) is 0.421. The molecule has 0 spiro atoms. The second-order valence-electron chi connectivity index (χ2n) is 15.4. The average Bonchev–Trinajstić information content (AvgIpc) is 3.51. The zero-order chi connectivity index (χ0) is 37.2. The van der Waals surface area contributed by atoms with Gasteiger partial charge in [-0.05, 0) is 85.8 Å². The first kappa shape index (κ1) is 36.1. The van der Waals surface area contributed by atoms with E-state index in [1.165, 1.54) is 24.5 Å². The van der Waals surface area contributed by atoms with E-state index in [2.05, 4.69) is 9.97 Å². The van der Waals surface area contributed by atoms with Crippen LogP contribution in [0.15, 0.2) is 64.6 Å². The smallest absolute Gasteiger partial charge is 0.309 e. The minimum Gasteiger partial charge on any atom is -0.481 e. The first-order valence-corrected chi connectivity index (χ1v) is 20.3. The number of aromatic nitrogens is 5. The summed E-state index contributed by atoms with van der Waals surface area (Å²) in [6, 6.07) is 12.4. The molecule has 0 amide bonds. The van der Waals surface area contributed by atoms with Gasteiger partial charge in [0.05, 0.1) is 43.5 Å². The number of aliphatic carboxylic acids is 1. The number of pyridine rings is 1. The SMILES string of the molecule is Cn1nc2nc1-c1cc(ccn1)S(=O)c1c(F)c(F)c3[nH]ccc3c1CCS(=O)(=O)CC(C)(C)CCC[C@]2(C)c1cccc(CC2(C(=O)O)CC2)c1. The first-order chi connectivity index (χ1) is 24.5. The lowest BCUT2D eigenvalue weighted by Crippen LogP contribution is -2.29. The third kappa shape index (κ3) is 6.59. The number of benzene rings is 2. The second-order valence-corrected chi connectivity index (χ2v) is 19.0. The lowest BCUT2D eigenvalue weighted by atomic mass is 9.75. The third-order valence-electron chi connectivity index (χ3n) is 10.8. The van der Waals surface area contributed by atoms with Crippen molar-refractivity contribution in [3.63, 3.8) is 0 Å². The number of fused-ring (bicyclic) bond motifs is 8. The molecule has 2 aromatic carbocycles. The lowest BCUT2D eigenvalue weighted by molar-refractivity contribution is -0.143. The van der Waals surface area contributed by atoms with Crippen molar-refractivity contribution in [2.75, 3.05) is 11.5 Å². The summed E-state index contributed by atoms with van der Waals surface area (Å²) in [6.45, 7) is 5.84. The van der Waals surface area contributed by atoms with Gasteiger partial charge in [0.1, 0.15) is 5.69 Å². The van der Waals surface area contributed by atoms with Crippen LogP contribution in [0.3, 0.4) is 0 Å². The summed E-state index contributed by atoms with van der Waals surface area (Å²) in [6.07, 6.45) is 6.12. The average molecular weight is 750 g/mol. The van der Waals surface area contributed by atoms with Crippen molar-refractivity contribution in [3.05, 3.63) is 89.0 Å². The molecule has 5 aromatic rings. The summed E-state index contributed by atoms with van der Waals surface area (Å²) in [5, 5.41) is 15.0. The topological polar surface area (TPSA) is 148 Å². The molecule has 1 unspecified atom stereocenters. The van der Waals surface area contributed by atoms with E-state index in [1.807, 2.05) is 45.0 Å². The van der Waals surface area contributed by atoms with Gasteiger partial charge in [0.2, 0.25) is 0 Å². The molecule has 4 bridgehead atoms. The van der Waals surface area contributed by atoms with Crippen molar-refractivity contribution in [1.29, 1.82) is 0 Å². The molecule has 7 rings (SSSR count). The maximum Gasteiger partial charge on any atom is 0.309 e. The van der Waals surface area contributed by atoms with Crippen LogP contribution in [0.25, 0.3) is 22.4 Å². The standard InChI is InChI=1S/C38H41F2N5O5S2/c1-36(2)12-6-13-37(3,24-8-5-7-23(19-24)21-38(14-15-38)35(46)47)34-43-33(45(4)44-34)28-20-25(9-16-41-28)51(48)32-27(11-18-52(49,50)22-36)26-10-17-42-31(26)29(39)30(32)40/h5,7-10,16-17,19-20,42H,6,11-15,18,21-22H2,1-4H3,(H,46,47)/t37-,51?/m1/s1. The zero-order valence-corrected chi connectivity index (χ0v) is 31.1. The predicted octanol–water partition coefficient (Wildman–Crippen LogP) is 6.68. The highest BCUT2D eigenvalue weighted by Crippen LogP contribution is 2.49. The fourth-order valence-corrected chi connectivity index (χ4v) is 11.0. The van der Waals surface area contributed by atoms with Crippen LogP contribution in [0.4, 0.5) is 8.78 Å². The normalized spacial score (nSPS) is 22.6. The van der Waals surface area contributed by atoms with Crippen molar-refractivity contribution in [1.82, 2.24) is 24.7 Å². The number of H-pyrrole nitrogens is 1. The van der Waals surface area contributed by atoms with Gasteiger partial charge in [0.25, 0.3) is 0 Å². The monoisotopic (exact) mass is 749 g/mol. The molecule has 2 N–H and O–H groups in total. The highest BCUT2D eigenvalue weighted by Gasteiger charge is 2.50. The van der Waals surface area contributed by atoms with Gasteiger partial charge in [0, 0.05) is 29.7 Å². The Labute approximate surface area is 303 Å². The number of sulfone groups is 1. The Balaban J connectivity index is 1.37. The summed E-state index contributed by atoms with van der Waals surface area (Å²) >= 11 is 0. The first-order valence-electron chi connectivity index (χ1n) is 17.3. The summed E-state index contributed by atoms with van der Waals surface area (Å²) in [7, 11) is -4.25.